The largest absolute Gasteiger partial charge is 0.444 e. The summed E-state index contributed by atoms with van der Waals surface area (Å²) in [5.41, 5.74) is -0.427. The van der Waals surface area contributed by atoms with Gasteiger partial charge in [0.25, 0.3) is 0 Å². The lowest BCUT2D eigenvalue weighted by atomic mass is 10.1. The van der Waals surface area contributed by atoms with Crippen LogP contribution in [-0.2, 0) is 9.47 Å². The SMILES string of the molecule is CC.CC.COCCN1CCC(NC(=O)OC(C)(C)C)CC1. The van der Waals surface area contributed by atoms with Crippen LogP contribution in [-0.4, -0.2) is 56.0 Å². The zero-order chi connectivity index (χ0) is 17.6. The lowest BCUT2D eigenvalue weighted by molar-refractivity contribution is 0.0472. The maximum absolute atomic E-state index is 11.6. The summed E-state index contributed by atoms with van der Waals surface area (Å²) < 4.78 is 10.3. The van der Waals surface area contributed by atoms with Gasteiger partial charge in [0.15, 0.2) is 0 Å². The zero-order valence-corrected chi connectivity index (χ0v) is 16.0. The Morgan fingerprint density at radius 3 is 2.05 bits per heavy atom. The van der Waals surface area contributed by atoms with E-state index in [4.69, 9.17) is 9.47 Å². The summed E-state index contributed by atoms with van der Waals surface area (Å²) in [4.78, 5) is 14.0. The molecule has 0 aromatic carbocycles. The van der Waals surface area contributed by atoms with Crippen molar-refractivity contribution in [1.29, 1.82) is 0 Å². The van der Waals surface area contributed by atoms with E-state index >= 15 is 0 Å². The smallest absolute Gasteiger partial charge is 0.407 e. The van der Waals surface area contributed by atoms with Gasteiger partial charge in [-0.25, -0.2) is 4.79 Å². The van der Waals surface area contributed by atoms with Crippen molar-refractivity contribution in [3.63, 3.8) is 0 Å². The van der Waals surface area contributed by atoms with Gasteiger partial charge in [0.1, 0.15) is 5.60 Å². The molecule has 1 rings (SSSR count). The summed E-state index contributed by atoms with van der Waals surface area (Å²) in [7, 11) is 1.72. The predicted octanol–water partition coefficient (Wildman–Crippen LogP) is 3.67. The van der Waals surface area contributed by atoms with Gasteiger partial charge in [-0.1, -0.05) is 27.7 Å². The van der Waals surface area contributed by atoms with E-state index in [-0.39, 0.29) is 12.1 Å². The number of nitrogens with one attached hydrogen (secondary N) is 1. The molecule has 0 radical (unpaired) electrons. The summed E-state index contributed by atoms with van der Waals surface area (Å²) in [6.45, 7) is 17.4. The number of rotatable bonds is 4. The summed E-state index contributed by atoms with van der Waals surface area (Å²) in [6, 6.07) is 0.235. The molecule has 1 fully saturated rings. The van der Waals surface area contributed by atoms with Crippen LogP contribution in [0.5, 0.6) is 0 Å². The first-order valence-corrected chi connectivity index (χ1v) is 8.61. The van der Waals surface area contributed by atoms with Gasteiger partial charge >= 0.3 is 6.09 Å². The lowest BCUT2D eigenvalue weighted by Crippen LogP contribution is -2.46. The molecule has 134 valence electrons. The van der Waals surface area contributed by atoms with E-state index in [1.54, 1.807) is 7.11 Å². The number of carbonyl (C=O) groups is 1. The van der Waals surface area contributed by atoms with E-state index in [1.165, 1.54) is 0 Å². The van der Waals surface area contributed by atoms with Gasteiger partial charge in [-0.2, -0.15) is 0 Å². The van der Waals surface area contributed by atoms with Gasteiger partial charge in [0.2, 0.25) is 0 Å². The van der Waals surface area contributed by atoms with Crippen LogP contribution in [0, 0.1) is 0 Å². The third-order valence-electron chi connectivity index (χ3n) is 2.92. The molecule has 0 saturated carbocycles. The van der Waals surface area contributed by atoms with Crippen molar-refractivity contribution >= 4 is 6.09 Å². The molecule has 1 aliphatic heterocycles. The van der Waals surface area contributed by atoms with Crippen LogP contribution in [0.25, 0.3) is 0 Å². The molecule has 0 aliphatic carbocycles. The van der Waals surface area contributed by atoms with Crippen LogP contribution < -0.4 is 5.32 Å². The molecule has 0 atom stereocenters. The van der Waals surface area contributed by atoms with Crippen LogP contribution in [0.3, 0.4) is 0 Å². The van der Waals surface area contributed by atoms with Crippen molar-refractivity contribution < 1.29 is 14.3 Å². The monoisotopic (exact) mass is 318 g/mol. The number of methoxy groups -OCH3 is 1. The molecule has 0 aromatic rings. The minimum absolute atomic E-state index is 0.235. The molecule has 5 heteroatoms. The minimum atomic E-state index is -0.427. The Morgan fingerprint density at radius 2 is 1.64 bits per heavy atom. The summed E-state index contributed by atoms with van der Waals surface area (Å²) in [6.07, 6.45) is 1.64. The van der Waals surface area contributed by atoms with Gasteiger partial charge in [0, 0.05) is 32.8 Å². The highest BCUT2D eigenvalue weighted by atomic mass is 16.6. The molecule has 5 nitrogen and oxygen atoms in total. The fraction of sp³-hybridized carbons (Fsp3) is 0.941. The first-order chi connectivity index (χ1) is 10.4. The second-order valence-electron chi connectivity index (χ2n) is 5.75. The minimum Gasteiger partial charge on any atom is -0.444 e. The summed E-state index contributed by atoms with van der Waals surface area (Å²) in [5, 5.41) is 2.93. The van der Waals surface area contributed by atoms with Crippen molar-refractivity contribution in [2.45, 2.75) is 73.0 Å². The van der Waals surface area contributed by atoms with Gasteiger partial charge in [-0.05, 0) is 33.6 Å². The lowest BCUT2D eigenvalue weighted by Gasteiger charge is -2.32. The molecule has 1 N–H and O–H groups in total. The van der Waals surface area contributed by atoms with Crippen molar-refractivity contribution in [2.24, 2.45) is 0 Å². The topological polar surface area (TPSA) is 50.8 Å². The second kappa shape index (κ2) is 13.8. The standard InChI is InChI=1S/C13H26N2O3.2C2H6/c1-13(2,3)18-12(16)14-11-5-7-15(8-6-11)9-10-17-4;2*1-2/h11H,5-10H2,1-4H3,(H,14,16);2*1-2H3. The number of nitrogens with zero attached hydrogens (tertiary/aromatic N) is 1. The summed E-state index contributed by atoms with van der Waals surface area (Å²) >= 11 is 0. The van der Waals surface area contributed by atoms with Gasteiger partial charge in [0.05, 0.1) is 6.61 Å². The fourth-order valence-electron chi connectivity index (χ4n) is 2.00. The molecule has 1 amide bonds. The van der Waals surface area contributed by atoms with Crippen LogP contribution >= 0.6 is 0 Å². The quantitative estimate of drug-likeness (QED) is 0.859. The summed E-state index contributed by atoms with van der Waals surface area (Å²) in [5.74, 6) is 0. The highest BCUT2D eigenvalue weighted by molar-refractivity contribution is 5.68. The van der Waals surface area contributed by atoms with E-state index in [0.717, 1.165) is 39.1 Å². The average Bonchev–Trinajstić information content (AvgIpc) is 2.49. The molecular formula is C17H38N2O3. The van der Waals surface area contributed by atoms with E-state index in [2.05, 4.69) is 10.2 Å². The molecule has 1 saturated heterocycles. The van der Waals surface area contributed by atoms with E-state index < -0.39 is 5.60 Å². The Balaban J connectivity index is 0. The molecule has 1 aliphatic rings. The highest BCUT2D eigenvalue weighted by Crippen LogP contribution is 2.12. The van der Waals surface area contributed by atoms with Gasteiger partial charge in [-0.15, -0.1) is 0 Å². The second-order valence-corrected chi connectivity index (χ2v) is 5.75. The van der Waals surface area contributed by atoms with Gasteiger partial charge in [-0.3, -0.25) is 0 Å². The van der Waals surface area contributed by atoms with Crippen molar-refractivity contribution in [1.82, 2.24) is 10.2 Å². The molecule has 0 bridgehead atoms. The number of hydrogen-bond acceptors (Lipinski definition) is 4. The molecule has 22 heavy (non-hydrogen) atoms. The Bertz CT molecular complexity index is 257. The number of amides is 1. The van der Waals surface area contributed by atoms with Crippen molar-refractivity contribution in [3.05, 3.63) is 0 Å². The number of hydrogen-bond donors (Lipinski definition) is 1. The number of piperidine rings is 1. The Kier molecular flexibility index (Phi) is 14.7. The Morgan fingerprint density at radius 1 is 1.14 bits per heavy atom. The number of ether oxygens (including phenoxy) is 2. The maximum atomic E-state index is 11.6. The fourth-order valence-corrected chi connectivity index (χ4v) is 2.00. The Hall–Kier alpha value is -0.810. The van der Waals surface area contributed by atoms with Crippen LogP contribution in [0.4, 0.5) is 4.79 Å². The van der Waals surface area contributed by atoms with Gasteiger partial charge < -0.3 is 19.7 Å². The number of alkyl carbamates (subject to hydrolysis) is 1. The molecular weight excluding hydrogens is 280 g/mol. The Labute approximate surface area is 137 Å². The highest BCUT2D eigenvalue weighted by Gasteiger charge is 2.23. The number of carbonyl (C=O) groups excluding carboxylic acids is 1. The first kappa shape index (κ1) is 23.5. The average molecular weight is 319 g/mol. The molecule has 0 unspecified atom stereocenters. The molecule has 0 spiro atoms. The zero-order valence-electron chi connectivity index (χ0n) is 16.0. The third-order valence-corrected chi connectivity index (χ3v) is 2.92. The maximum Gasteiger partial charge on any atom is 0.407 e. The third kappa shape index (κ3) is 12.9. The first-order valence-electron chi connectivity index (χ1n) is 8.61. The van der Waals surface area contributed by atoms with Crippen LogP contribution in [0.1, 0.15) is 61.3 Å². The number of likely N-dealkylation sites (tertiary alicyclic amines) is 1. The molecule has 1 heterocycles. The van der Waals surface area contributed by atoms with Crippen LogP contribution in [0.15, 0.2) is 0 Å². The van der Waals surface area contributed by atoms with E-state index in [9.17, 15) is 4.79 Å². The van der Waals surface area contributed by atoms with E-state index in [1.807, 2.05) is 48.5 Å². The molecule has 0 aromatic heterocycles. The normalized spacial score (nSPS) is 15.8. The van der Waals surface area contributed by atoms with Crippen LogP contribution in [0.2, 0.25) is 0 Å². The predicted molar refractivity (Wildman–Crippen MR) is 93.4 cm³/mol. The van der Waals surface area contributed by atoms with Crippen molar-refractivity contribution in [2.75, 3.05) is 33.4 Å². The van der Waals surface area contributed by atoms with E-state index in [0.29, 0.717) is 0 Å². The van der Waals surface area contributed by atoms with Crippen molar-refractivity contribution in [3.8, 4) is 0 Å².